The van der Waals surface area contributed by atoms with Crippen molar-refractivity contribution in [2.45, 2.75) is 46.6 Å². The van der Waals surface area contributed by atoms with Gasteiger partial charge < -0.3 is 14.8 Å². The second-order valence-corrected chi connectivity index (χ2v) is 7.56. The molecule has 0 spiro atoms. The van der Waals surface area contributed by atoms with Crippen molar-refractivity contribution in [3.05, 3.63) is 28.1 Å². The Bertz CT molecular complexity index is 674. The molecule has 0 fully saturated rings. The molecule has 0 aliphatic rings. The van der Waals surface area contributed by atoms with Gasteiger partial charge in [0.15, 0.2) is 0 Å². The van der Waals surface area contributed by atoms with Gasteiger partial charge in [0.25, 0.3) is 0 Å². The number of rotatable bonds is 7. The van der Waals surface area contributed by atoms with Gasteiger partial charge in [0.2, 0.25) is 0 Å². The molecule has 2 rings (SSSR count). The van der Waals surface area contributed by atoms with E-state index in [0.717, 1.165) is 39.9 Å². The molecule has 132 valence electrons. The second kappa shape index (κ2) is 7.99. The van der Waals surface area contributed by atoms with E-state index in [2.05, 4.69) is 43.6 Å². The van der Waals surface area contributed by atoms with Crippen molar-refractivity contribution in [2.24, 2.45) is 0 Å². The van der Waals surface area contributed by atoms with Gasteiger partial charge in [-0.1, -0.05) is 20.8 Å². The Balaban J connectivity index is 2.57. The fraction of sp³-hybridized carbons (Fsp3) is 0.526. The van der Waals surface area contributed by atoms with Crippen molar-refractivity contribution in [2.75, 3.05) is 20.3 Å². The van der Waals surface area contributed by atoms with Crippen molar-refractivity contribution in [3.63, 3.8) is 0 Å². The summed E-state index contributed by atoms with van der Waals surface area (Å²) < 4.78 is 11.8. The van der Waals surface area contributed by atoms with E-state index in [4.69, 9.17) is 14.5 Å². The van der Waals surface area contributed by atoms with Crippen LogP contribution in [0.4, 0.5) is 0 Å². The van der Waals surface area contributed by atoms with Gasteiger partial charge in [0.1, 0.15) is 16.5 Å². The van der Waals surface area contributed by atoms with Crippen LogP contribution in [-0.2, 0) is 12.0 Å². The summed E-state index contributed by atoms with van der Waals surface area (Å²) in [6.07, 6.45) is 0. The molecular formula is C19H28N2O2S. The Morgan fingerprint density at radius 1 is 1.08 bits per heavy atom. The maximum absolute atomic E-state index is 5.92. The highest BCUT2D eigenvalue weighted by atomic mass is 32.1. The van der Waals surface area contributed by atoms with E-state index in [1.807, 2.05) is 20.9 Å². The van der Waals surface area contributed by atoms with Crippen LogP contribution in [0.5, 0.6) is 11.5 Å². The highest BCUT2D eigenvalue weighted by Crippen LogP contribution is 2.41. The van der Waals surface area contributed by atoms with E-state index >= 15 is 0 Å². The predicted molar refractivity (Wildman–Crippen MR) is 101 cm³/mol. The number of nitrogens with zero attached hydrogens (tertiary/aromatic N) is 1. The molecular weight excluding hydrogens is 320 g/mol. The Kier molecular flexibility index (Phi) is 6.24. The van der Waals surface area contributed by atoms with Crippen molar-refractivity contribution >= 4 is 11.3 Å². The van der Waals surface area contributed by atoms with Crippen LogP contribution in [0.25, 0.3) is 11.3 Å². The fourth-order valence-corrected chi connectivity index (χ4v) is 3.37. The van der Waals surface area contributed by atoms with E-state index in [1.165, 1.54) is 0 Å². The molecule has 0 saturated carbocycles. The van der Waals surface area contributed by atoms with Crippen LogP contribution in [0.3, 0.4) is 0 Å². The monoisotopic (exact) mass is 348 g/mol. The van der Waals surface area contributed by atoms with Gasteiger partial charge in [-0.3, -0.25) is 0 Å². The van der Waals surface area contributed by atoms with E-state index in [9.17, 15) is 0 Å². The molecule has 2 aromatic rings. The summed E-state index contributed by atoms with van der Waals surface area (Å²) in [5.41, 5.74) is 3.07. The molecule has 0 radical (unpaired) electrons. The van der Waals surface area contributed by atoms with Gasteiger partial charge in [-0.05, 0) is 38.4 Å². The molecule has 1 aromatic carbocycles. The standard InChI is InChI=1S/C19H28N2O2S/c1-7-22-16-10-14(19(3,4)5)17(23-8-2)9-13(16)15-12-24-18(21-15)11-20-6/h9-10,12,20H,7-8,11H2,1-6H3. The Morgan fingerprint density at radius 3 is 2.33 bits per heavy atom. The third-order valence-electron chi connectivity index (χ3n) is 3.65. The zero-order chi connectivity index (χ0) is 17.7. The second-order valence-electron chi connectivity index (χ2n) is 6.62. The van der Waals surface area contributed by atoms with Crippen LogP contribution in [0.15, 0.2) is 17.5 Å². The third kappa shape index (κ3) is 4.28. The smallest absolute Gasteiger partial charge is 0.129 e. The molecule has 24 heavy (non-hydrogen) atoms. The fourth-order valence-electron chi connectivity index (χ4n) is 2.56. The van der Waals surface area contributed by atoms with Crippen molar-refractivity contribution in [1.82, 2.24) is 10.3 Å². The maximum atomic E-state index is 5.92. The number of ether oxygens (including phenoxy) is 2. The Morgan fingerprint density at radius 2 is 1.75 bits per heavy atom. The molecule has 0 unspecified atom stereocenters. The minimum atomic E-state index is -0.0196. The molecule has 0 amide bonds. The number of aromatic nitrogens is 1. The van der Waals surface area contributed by atoms with Gasteiger partial charge >= 0.3 is 0 Å². The summed E-state index contributed by atoms with van der Waals surface area (Å²) in [7, 11) is 1.93. The summed E-state index contributed by atoms with van der Waals surface area (Å²) in [5, 5.41) is 6.28. The van der Waals surface area contributed by atoms with Crippen molar-refractivity contribution in [3.8, 4) is 22.8 Å². The molecule has 1 aromatic heterocycles. The minimum Gasteiger partial charge on any atom is -0.494 e. The minimum absolute atomic E-state index is 0.0196. The predicted octanol–water partition coefficient (Wildman–Crippen LogP) is 4.62. The normalized spacial score (nSPS) is 11.6. The van der Waals surface area contributed by atoms with Gasteiger partial charge in [-0.2, -0.15) is 0 Å². The molecule has 0 aliphatic carbocycles. The van der Waals surface area contributed by atoms with Crippen LogP contribution in [-0.4, -0.2) is 25.2 Å². The number of hydrogen-bond donors (Lipinski definition) is 1. The van der Waals surface area contributed by atoms with E-state index < -0.39 is 0 Å². The Labute approximate surface area is 149 Å². The molecule has 0 bridgehead atoms. The maximum Gasteiger partial charge on any atom is 0.129 e. The highest BCUT2D eigenvalue weighted by Gasteiger charge is 2.23. The SMILES string of the molecule is CCOc1cc(C(C)(C)C)c(OCC)cc1-c1csc(CNC)n1. The average Bonchev–Trinajstić information content (AvgIpc) is 2.96. The lowest BCUT2D eigenvalue weighted by molar-refractivity contribution is 0.322. The average molecular weight is 349 g/mol. The first-order valence-corrected chi connectivity index (χ1v) is 9.32. The summed E-state index contributed by atoms with van der Waals surface area (Å²) >= 11 is 1.65. The lowest BCUT2D eigenvalue weighted by Crippen LogP contribution is -2.14. The first-order chi connectivity index (χ1) is 11.4. The first kappa shape index (κ1) is 18.7. The highest BCUT2D eigenvalue weighted by molar-refractivity contribution is 7.09. The third-order valence-corrected chi connectivity index (χ3v) is 4.49. The van der Waals surface area contributed by atoms with Gasteiger partial charge in [-0.25, -0.2) is 4.98 Å². The van der Waals surface area contributed by atoms with Gasteiger partial charge in [-0.15, -0.1) is 11.3 Å². The zero-order valence-corrected chi connectivity index (χ0v) is 16.3. The van der Waals surface area contributed by atoms with E-state index in [-0.39, 0.29) is 5.41 Å². The number of hydrogen-bond acceptors (Lipinski definition) is 5. The van der Waals surface area contributed by atoms with E-state index in [1.54, 1.807) is 11.3 Å². The number of benzene rings is 1. The molecule has 0 atom stereocenters. The molecule has 1 N–H and O–H groups in total. The summed E-state index contributed by atoms with van der Waals surface area (Å²) in [6, 6.07) is 4.19. The lowest BCUT2D eigenvalue weighted by atomic mass is 9.85. The lowest BCUT2D eigenvalue weighted by Gasteiger charge is -2.24. The molecule has 0 saturated heterocycles. The molecule has 4 nitrogen and oxygen atoms in total. The van der Waals surface area contributed by atoms with Crippen molar-refractivity contribution in [1.29, 1.82) is 0 Å². The van der Waals surface area contributed by atoms with Crippen LogP contribution in [0.2, 0.25) is 0 Å². The first-order valence-electron chi connectivity index (χ1n) is 8.44. The molecule has 0 aliphatic heterocycles. The van der Waals surface area contributed by atoms with Crippen molar-refractivity contribution < 1.29 is 9.47 Å². The van der Waals surface area contributed by atoms with Crippen LogP contribution < -0.4 is 14.8 Å². The molecule has 1 heterocycles. The summed E-state index contributed by atoms with van der Waals surface area (Å²) in [4.78, 5) is 4.73. The summed E-state index contributed by atoms with van der Waals surface area (Å²) in [6.45, 7) is 12.6. The van der Waals surface area contributed by atoms with Crippen LogP contribution >= 0.6 is 11.3 Å². The topological polar surface area (TPSA) is 43.4 Å². The van der Waals surface area contributed by atoms with Gasteiger partial charge in [0.05, 0.1) is 18.9 Å². The number of thiazole rings is 1. The largest absolute Gasteiger partial charge is 0.494 e. The van der Waals surface area contributed by atoms with Crippen LogP contribution in [0.1, 0.15) is 45.2 Å². The zero-order valence-electron chi connectivity index (χ0n) is 15.5. The number of nitrogens with one attached hydrogen (secondary N) is 1. The van der Waals surface area contributed by atoms with Crippen LogP contribution in [0, 0.1) is 0 Å². The quantitative estimate of drug-likeness (QED) is 0.792. The summed E-state index contributed by atoms with van der Waals surface area (Å²) in [5.74, 6) is 1.78. The van der Waals surface area contributed by atoms with Gasteiger partial charge in [0, 0.05) is 23.1 Å². The Hall–Kier alpha value is -1.59. The van der Waals surface area contributed by atoms with E-state index in [0.29, 0.717) is 13.2 Å². The molecule has 5 heteroatoms.